The zero-order valence-electron chi connectivity index (χ0n) is 14.2. The zero-order valence-corrected chi connectivity index (χ0v) is 14.2. The summed E-state index contributed by atoms with van der Waals surface area (Å²) in [5, 5.41) is 3.72. The van der Waals surface area contributed by atoms with Crippen molar-refractivity contribution in [2.45, 2.75) is 20.1 Å². The first-order valence-corrected chi connectivity index (χ1v) is 7.76. The zero-order chi connectivity index (χ0) is 18.7. The van der Waals surface area contributed by atoms with Crippen molar-refractivity contribution in [3.05, 3.63) is 71.0 Å². The van der Waals surface area contributed by atoms with Crippen LogP contribution in [0.15, 0.2) is 45.3 Å². The summed E-state index contributed by atoms with van der Waals surface area (Å²) >= 11 is 0. The van der Waals surface area contributed by atoms with Crippen molar-refractivity contribution in [3.8, 4) is 5.75 Å². The summed E-state index contributed by atoms with van der Waals surface area (Å²) < 4.78 is 41.8. The van der Waals surface area contributed by atoms with Crippen LogP contribution in [0.2, 0.25) is 0 Å². The fraction of sp³-hybridized carbons (Fsp3) is 0.222. The smallest absolute Gasteiger partial charge is 0.276 e. The molecule has 0 spiro atoms. The molecule has 0 radical (unpaired) electrons. The molecule has 2 heterocycles. The Morgan fingerprint density at radius 2 is 1.96 bits per heavy atom. The molecule has 3 aromatic rings. The highest BCUT2D eigenvalue weighted by molar-refractivity contribution is 5.91. The van der Waals surface area contributed by atoms with Crippen molar-refractivity contribution >= 4 is 5.91 Å². The number of furan rings is 1. The number of hydrogen-bond donors (Lipinski definition) is 0. The number of amides is 1. The fourth-order valence-electron chi connectivity index (χ4n) is 2.27. The summed E-state index contributed by atoms with van der Waals surface area (Å²) in [6.07, 6.45) is 0. The third-order valence-electron chi connectivity index (χ3n) is 3.59. The van der Waals surface area contributed by atoms with Gasteiger partial charge < -0.3 is 18.6 Å². The maximum Gasteiger partial charge on any atom is 0.276 e. The summed E-state index contributed by atoms with van der Waals surface area (Å²) in [7, 11) is 1.62. The van der Waals surface area contributed by atoms with E-state index in [2.05, 4.69) is 5.16 Å². The molecule has 1 aromatic carbocycles. The van der Waals surface area contributed by atoms with Gasteiger partial charge in [-0.1, -0.05) is 5.16 Å². The number of nitrogens with zero attached hydrogens (tertiary/aromatic N) is 2. The van der Waals surface area contributed by atoms with Crippen LogP contribution in [0.5, 0.6) is 5.75 Å². The van der Waals surface area contributed by atoms with Crippen LogP contribution < -0.4 is 4.74 Å². The normalized spacial score (nSPS) is 10.8. The number of aryl methyl sites for hydroxylation is 1. The summed E-state index contributed by atoms with van der Waals surface area (Å²) in [5.74, 6) is -0.478. The maximum absolute atomic E-state index is 13.1. The van der Waals surface area contributed by atoms with E-state index in [0.29, 0.717) is 12.3 Å². The molecule has 0 aliphatic carbocycles. The summed E-state index contributed by atoms with van der Waals surface area (Å²) in [4.78, 5) is 13.8. The van der Waals surface area contributed by atoms with Crippen molar-refractivity contribution in [2.75, 3.05) is 7.05 Å². The second-order valence-electron chi connectivity index (χ2n) is 5.72. The lowest BCUT2D eigenvalue weighted by Crippen LogP contribution is -2.26. The van der Waals surface area contributed by atoms with Crippen LogP contribution in [0.25, 0.3) is 0 Å². The Bertz CT molecular complexity index is 920. The van der Waals surface area contributed by atoms with Gasteiger partial charge in [-0.15, -0.1) is 0 Å². The van der Waals surface area contributed by atoms with E-state index in [4.69, 9.17) is 13.7 Å². The first-order chi connectivity index (χ1) is 12.4. The van der Waals surface area contributed by atoms with Crippen molar-refractivity contribution in [1.29, 1.82) is 0 Å². The SMILES string of the molecule is Cc1ccc(CN(C)C(=O)c2cc(COc3ccc(F)c(F)c3)on2)o1. The van der Waals surface area contributed by atoms with Crippen molar-refractivity contribution in [1.82, 2.24) is 10.1 Å². The molecule has 0 bridgehead atoms. The van der Waals surface area contributed by atoms with Gasteiger partial charge in [0.1, 0.15) is 23.9 Å². The Morgan fingerprint density at radius 3 is 2.65 bits per heavy atom. The highest BCUT2D eigenvalue weighted by Gasteiger charge is 2.18. The second kappa shape index (κ2) is 7.38. The Labute approximate surface area is 147 Å². The van der Waals surface area contributed by atoms with Crippen molar-refractivity contribution < 1.29 is 27.3 Å². The average Bonchev–Trinajstić information content (AvgIpc) is 3.24. The minimum Gasteiger partial charge on any atom is -0.485 e. The molecule has 0 fully saturated rings. The number of carbonyl (C=O) groups is 1. The van der Waals surface area contributed by atoms with E-state index in [0.717, 1.165) is 17.9 Å². The third-order valence-corrected chi connectivity index (χ3v) is 3.59. The minimum absolute atomic E-state index is 0.0769. The van der Waals surface area contributed by atoms with E-state index >= 15 is 0 Å². The molecule has 3 rings (SSSR count). The molecule has 0 saturated heterocycles. The van der Waals surface area contributed by atoms with Gasteiger partial charge in [0.2, 0.25) is 0 Å². The van der Waals surface area contributed by atoms with Gasteiger partial charge in [0.15, 0.2) is 23.1 Å². The number of benzene rings is 1. The molecule has 6 nitrogen and oxygen atoms in total. The summed E-state index contributed by atoms with van der Waals surface area (Å²) in [5.41, 5.74) is 0.111. The first kappa shape index (κ1) is 17.7. The van der Waals surface area contributed by atoms with Gasteiger partial charge in [0, 0.05) is 19.2 Å². The number of rotatable bonds is 6. The van der Waals surface area contributed by atoms with Crippen LogP contribution in [-0.2, 0) is 13.2 Å². The molecule has 0 saturated carbocycles. The van der Waals surface area contributed by atoms with E-state index in [1.54, 1.807) is 13.1 Å². The third kappa shape index (κ3) is 4.08. The Kier molecular flexibility index (Phi) is 5.01. The van der Waals surface area contributed by atoms with Gasteiger partial charge in [0.05, 0.1) is 6.54 Å². The summed E-state index contributed by atoms with van der Waals surface area (Å²) in [6, 6.07) is 8.23. The quantitative estimate of drug-likeness (QED) is 0.669. The van der Waals surface area contributed by atoms with Crippen LogP contribution in [0.1, 0.15) is 27.8 Å². The lowest BCUT2D eigenvalue weighted by atomic mass is 10.3. The number of halogens is 2. The predicted molar refractivity (Wildman–Crippen MR) is 86.4 cm³/mol. The van der Waals surface area contributed by atoms with Gasteiger partial charge in [-0.3, -0.25) is 4.79 Å². The standard InChI is InChI=1S/C18H16F2N2O4/c1-11-3-4-13(25-11)9-22(2)18(23)17-8-14(26-21-17)10-24-12-5-6-15(19)16(20)7-12/h3-8H,9-10H2,1-2H3. The number of hydrogen-bond acceptors (Lipinski definition) is 5. The molecule has 1 amide bonds. The highest BCUT2D eigenvalue weighted by Crippen LogP contribution is 2.18. The van der Waals surface area contributed by atoms with Crippen molar-refractivity contribution in [2.24, 2.45) is 0 Å². The largest absolute Gasteiger partial charge is 0.485 e. The Hall–Kier alpha value is -3.16. The molecule has 26 heavy (non-hydrogen) atoms. The van der Waals surface area contributed by atoms with E-state index in [-0.39, 0.29) is 29.7 Å². The van der Waals surface area contributed by atoms with Crippen LogP contribution in [-0.4, -0.2) is 23.0 Å². The van der Waals surface area contributed by atoms with E-state index in [9.17, 15) is 13.6 Å². The van der Waals surface area contributed by atoms with Gasteiger partial charge in [-0.05, 0) is 31.2 Å². The maximum atomic E-state index is 13.1. The number of ether oxygens (including phenoxy) is 1. The number of carbonyl (C=O) groups excluding carboxylic acids is 1. The second-order valence-corrected chi connectivity index (χ2v) is 5.72. The predicted octanol–water partition coefficient (Wildman–Crippen LogP) is 3.71. The molecule has 0 aliphatic rings. The molecule has 0 aliphatic heterocycles. The topological polar surface area (TPSA) is 68.7 Å². The molecule has 136 valence electrons. The van der Waals surface area contributed by atoms with Gasteiger partial charge in [-0.25, -0.2) is 8.78 Å². The Balaban J connectivity index is 1.59. The molecule has 0 atom stereocenters. The minimum atomic E-state index is -1.01. The van der Waals surface area contributed by atoms with Crippen LogP contribution in [0, 0.1) is 18.6 Å². The fourth-order valence-corrected chi connectivity index (χ4v) is 2.27. The lowest BCUT2D eigenvalue weighted by molar-refractivity contribution is 0.0764. The number of aromatic nitrogens is 1. The average molecular weight is 362 g/mol. The van der Waals surface area contributed by atoms with Crippen molar-refractivity contribution in [3.63, 3.8) is 0 Å². The first-order valence-electron chi connectivity index (χ1n) is 7.76. The molecular weight excluding hydrogens is 346 g/mol. The van der Waals surface area contributed by atoms with Crippen LogP contribution >= 0.6 is 0 Å². The molecule has 0 N–H and O–H groups in total. The summed E-state index contributed by atoms with van der Waals surface area (Å²) in [6.45, 7) is 2.04. The molecular formula is C18H16F2N2O4. The molecule has 0 unspecified atom stereocenters. The molecule has 8 heteroatoms. The lowest BCUT2D eigenvalue weighted by Gasteiger charge is -2.13. The van der Waals surface area contributed by atoms with Crippen LogP contribution in [0.4, 0.5) is 8.78 Å². The van der Waals surface area contributed by atoms with Gasteiger partial charge >= 0.3 is 0 Å². The van der Waals surface area contributed by atoms with E-state index in [1.807, 2.05) is 13.0 Å². The van der Waals surface area contributed by atoms with Crippen LogP contribution in [0.3, 0.4) is 0 Å². The Morgan fingerprint density at radius 1 is 1.15 bits per heavy atom. The van der Waals surface area contributed by atoms with E-state index in [1.165, 1.54) is 17.0 Å². The monoisotopic (exact) mass is 362 g/mol. The molecule has 2 aromatic heterocycles. The van der Waals surface area contributed by atoms with E-state index < -0.39 is 11.6 Å². The van der Waals surface area contributed by atoms with Gasteiger partial charge in [0.25, 0.3) is 5.91 Å². The highest BCUT2D eigenvalue weighted by atomic mass is 19.2. The van der Waals surface area contributed by atoms with Gasteiger partial charge in [-0.2, -0.15) is 0 Å².